The van der Waals surface area contributed by atoms with Gasteiger partial charge in [-0.05, 0) is 36.8 Å². The molecule has 2 N–H and O–H groups in total. The van der Waals surface area contributed by atoms with E-state index in [0.29, 0.717) is 0 Å². The van der Waals surface area contributed by atoms with E-state index in [1.54, 1.807) is 0 Å². The van der Waals surface area contributed by atoms with Crippen LogP contribution < -0.4 is 10.6 Å². The molecule has 1 aliphatic heterocycles. The van der Waals surface area contributed by atoms with Crippen molar-refractivity contribution in [3.05, 3.63) is 35.4 Å². The summed E-state index contributed by atoms with van der Waals surface area (Å²) in [5.74, 6) is 0. The highest BCUT2D eigenvalue weighted by atomic mass is 16.5. The van der Waals surface area contributed by atoms with Gasteiger partial charge in [0.05, 0.1) is 19.3 Å². The minimum atomic E-state index is -0.0232. The van der Waals surface area contributed by atoms with Crippen LogP contribution in [0.3, 0.4) is 0 Å². The van der Waals surface area contributed by atoms with Crippen molar-refractivity contribution >= 4 is 6.03 Å². The zero-order valence-electron chi connectivity index (χ0n) is 15.6. The number of nitrogens with one attached hydrogen (secondary N) is 2. The van der Waals surface area contributed by atoms with Gasteiger partial charge >= 0.3 is 6.03 Å². The van der Waals surface area contributed by atoms with Gasteiger partial charge in [-0.3, -0.25) is 4.90 Å². The van der Waals surface area contributed by atoms with Crippen LogP contribution in [0.1, 0.15) is 55.7 Å². The van der Waals surface area contributed by atoms with Crippen molar-refractivity contribution in [3.63, 3.8) is 0 Å². The van der Waals surface area contributed by atoms with E-state index in [0.717, 1.165) is 45.7 Å². The van der Waals surface area contributed by atoms with Gasteiger partial charge in [-0.2, -0.15) is 0 Å². The van der Waals surface area contributed by atoms with Crippen LogP contribution in [0.4, 0.5) is 4.79 Å². The number of urea groups is 1. The molecule has 2 amide bonds. The van der Waals surface area contributed by atoms with Crippen molar-refractivity contribution in [3.8, 4) is 0 Å². The number of ether oxygens (including phenoxy) is 1. The summed E-state index contributed by atoms with van der Waals surface area (Å²) in [6, 6.07) is 8.58. The summed E-state index contributed by atoms with van der Waals surface area (Å²) in [4.78, 5) is 15.2. The Morgan fingerprint density at radius 2 is 1.92 bits per heavy atom. The normalized spacial score (nSPS) is 25.5. The number of carbonyl (C=O) groups excluding carboxylic acids is 1. The van der Waals surface area contributed by atoms with Crippen molar-refractivity contribution in [2.45, 2.75) is 56.5 Å². The molecule has 1 aromatic rings. The van der Waals surface area contributed by atoms with Crippen LogP contribution in [0.5, 0.6) is 0 Å². The molecule has 1 saturated carbocycles. The number of benzene rings is 1. The fourth-order valence-corrected chi connectivity index (χ4v) is 5.01. The Kier molecular flexibility index (Phi) is 5.46. The van der Waals surface area contributed by atoms with Crippen LogP contribution in [0.15, 0.2) is 24.3 Å². The van der Waals surface area contributed by atoms with Gasteiger partial charge < -0.3 is 15.4 Å². The number of hydrogen-bond acceptors (Lipinski definition) is 3. The molecule has 4 rings (SSSR count). The second-order valence-corrected chi connectivity index (χ2v) is 8.00. The van der Waals surface area contributed by atoms with Crippen molar-refractivity contribution in [2.24, 2.45) is 0 Å². The third-order valence-electron chi connectivity index (χ3n) is 6.48. The Morgan fingerprint density at radius 1 is 1.15 bits per heavy atom. The second-order valence-electron chi connectivity index (χ2n) is 8.00. The molecule has 5 nitrogen and oxygen atoms in total. The van der Waals surface area contributed by atoms with E-state index >= 15 is 0 Å². The number of carbonyl (C=O) groups is 1. The largest absolute Gasteiger partial charge is 0.379 e. The standard InChI is InChI=1S/C21H31N3O2/c25-20(23-19-9-8-17-6-2-3-7-18(17)19)22-16-21(10-4-1-5-11-21)24-12-14-26-15-13-24/h2-3,6-7,19H,1,4-5,8-16H2,(H2,22,23,25). The molecule has 1 saturated heterocycles. The van der Waals surface area contributed by atoms with Gasteiger partial charge in [0.1, 0.15) is 0 Å². The average Bonchev–Trinajstić information content (AvgIpc) is 3.11. The highest BCUT2D eigenvalue weighted by molar-refractivity contribution is 5.74. The number of morpholine rings is 1. The van der Waals surface area contributed by atoms with E-state index in [1.807, 2.05) is 0 Å². The lowest BCUT2D eigenvalue weighted by molar-refractivity contribution is -0.0357. The lowest BCUT2D eigenvalue weighted by Gasteiger charge is -2.48. The first kappa shape index (κ1) is 17.8. The zero-order chi connectivity index (χ0) is 17.8. The maximum absolute atomic E-state index is 12.6. The molecule has 0 radical (unpaired) electrons. The van der Waals surface area contributed by atoms with Crippen LogP contribution >= 0.6 is 0 Å². The molecule has 1 aromatic carbocycles. The molecule has 142 valence electrons. The lowest BCUT2D eigenvalue weighted by atomic mass is 9.80. The molecule has 0 spiro atoms. The molecule has 0 bridgehead atoms. The summed E-state index contributed by atoms with van der Waals surface area (Å²) in [5, 5.41) is 6.42. The first-order chi connectivity index (χ1) is 12.8. The van der Waals surface area contributed by atoms with E-state index in [4.69, 9.17) is 4.74 Å². The second kappa shape index (κ2) is 7.97. The minimum Gasteiger partial charge on any atom is -0.379 e. The number of fused-ring (bicyclic) bond motifs is 1. The minimum absolute atomic E-state index is 0.0232. The molecule has 0 aromatic heterocycles. The van der Waals surface area contributed by atoms with Crippen LogP contribution in [-0.2, 0) is 11.2 Å². The molecule has 1 unspecified atom stereocenters. The Balaban J connectivity index is 1.36. The predicted octanol–water partition coefficient (Wildman–Crippen LogP) is 3.01. The number of hydrogen-bond donors (Lipinski definition) is 2. The highest BCUT2D eigenvalue weighted by Crippen LogP contribution is 2.34. The summed E-state index contributed by atoms with van der Waals surface area (Å²) < 4.78 is 5.54. The Bertz CT molecular complexity index is 621. The van der Waals surface area contributed by atoms with Crippen molar-refractivity contribution < 1.29 is 9.53 Å². The highest BCUT2D eigenvalue weighted by Gasteiger charge is 2.39. The molecule has 2 aliphatic carbocycles. The molecule has 2 fully saturated rings. The van der Waals surface area contributed by atoms with Crippen LogP contribution in [0, 0.1) is 0 Å². The van der Waals surface area contributed by atoms with E-state index in [1.165, 1.54) is 43.2 Å². The number of aryl methyl sites for hydroxylation is 1. The summed E-state index contributed by atoms with van der Waals surface area (Å²) in [5.41, 5.74) is 2.77. The smallest absolute Gasteiger partial charge is 0.315 e. The maximum atomic E-state index is 12.6. The fourth-order valence-electron chi connectivity index (χ4n) is 5.01. The topological polar surface area (TPSA) is 53.6 Å². The van der Waals surface area contributed by atoms with Gasteiger partial charge in [-0.1, -0.05) is 43.5 Å². The summed E-state index contributed by atoms with van der Waals surface area (Å²) in [6.07, 6.45) is 8.25. The number of amides is 2. The molecule has 1 heterocycles. The monoisotopic (exact) mass is 357 g/mol. The quantitative estimate of drug-likeness (QED) is 0.871. The van der Waals surface area contributed by atoms with Gasteiger partial charge in [0, 0.05) is 25.2 Å². The molecular weight excluding hydrogens is 326 g/mol. The average molecular weight is 357 g/mol. The van der Waals surface area contributed by atoms with Crippen LogP contribution in [0.25, 0.3) is 0 Å². The predicted molar refractivity (Wildman–Crippen MR) is 102 cm³/mol. The molecule has 5 heteroatoms. The van der Waals surface area contributed by atoms with Gasteiger partial charge in [0.25, 0.3) is 0 Å². The molecule has 1 atom stereocenters. The maximum Gasteiger partial charge on any atom is 0.315 e. The van der Waals surface area contributed by atoms with Crippen LogP contribution in [-0.4, -0.2) is 49.3 Å². The number of nitrogens with zero attached hydrogens (tertiary/aromatic N) is 1. The van der Waals surface area contributed by atoms with E-state index in [-0.39, 0.29) is 17.6 Å². The lowest BCUT2D eigenvalue weighted by Crippen LogP contribution is -2.60. The Labute approximate surface area is 156 Å². The first-order valence-electron chi connectivity index (χ1n) is 10.2. The SMILES string of the molecule is O=C(NCC1(N2CCOCC2)CCCCC1)NC1CCc2ccccc21. The van der Waals surface area contributed by atoms with Crippen molar-refractivity contribution in [1.82, 2.24) is 15.5 Å². The number of rotatable bonds is 4. The zero-order valence-corrected chi connectivity index (χ0v) is 15.6. The van der Waals surface area contributed by atoms with Gasteiger partial charge in [-0.25, -0.2) is 4.79 Å². The third kappa shape index (κ3) is 3.74. The van der Waals surface area contributed by atoms with E-state index in [9.17, 15) is 4.79 Å². The molecule has 3 aliphatic rings. The van der Waals surface area contributed by atoms with Gasteiger partial charge in [0.15, 0.2) is 0 Å². The van der Waals surface area contributed by atoms with Gasteiger partial charge in [-0.15, -0.1) is 0 Å². The Hall–Kier alpha value is -1.59. The fraction of sp³-hybridized carbons (Fsp3) is 0.667. The first-order valence-corrected chi connectivity index (χ1v) is 10.2. The third-order valence-corrected chi connectivity index (χ3v) is 6.48. The molecular formula is C21H31N3O2. The summed E-state index contributed by atoms with van der Waals surface area (Å²) in [7, 11) is 0. The van der Waals surface area contributed by atoms with E-state index < -0.39 is 0 Å². The van der Waals surface area contributed by atoms with Crippen LogP contribution in [0.2, 0.25) is 0 Å². The molecule has 26 heavy (non-hydrogen) atoms. The summed E-state index contributed by atoms with van der Waals surface area (Å²) in [6.45, 7) is 4.34. The summed E-state index contributed by atoms with van der Waals surface area (Å²) >= 11 is 0. The Morgan fingerprint density at radius 3 is 2.73 bits per heavy atom. The van der Waals surface area contributed by atoms with Gasteiger partial charge in [0.2, 0.25) is 0 Å². The van der Waals surface area contributed by atoms with Crippen molar-refractivity contribution in [2.75, 3.05) is 32.8 Å². The van der Waals surface area contributed by atoms with Crippen molar-refractivity contribution in [1.29, 1.82) is 0 Å². The van der Waals surface area contributed by atoms with E-state index in [2.05, 4.69) is 39.8 Å².